The summed E-state index contributed by atoms with van der Waals surface area (Å²) in [5.41, 5.74) is 0. The molecule has 0 aromatic carbocycles. The minimum atomic E-state index is -0.0376. The molecule has 2 N–H and O–H groups in total. The number of hydrogen-bond donors (Lipinski definition) is 2. The molecule has 0 aromatic rings. The first kappa shape index (κ1) is 9.19. The molecule has 0 heterocycles. The number of rotatable bonds is 4. The molecule has 4 heteroatoms. The fourth-order valence-electron chi connectivity index (χ4n) is 1.85. The van der Waals surface area contributed by atoms with Gasteiger partial charge in [0.1, 0.15) is 0 Å². The molecule has 3 saturated carbocycles. The molecular weight excluding hydrogens is 192 g/mol. The predicted octanol–water partition coefficient (Wildman–Crippen LogP) is 0.180. The summed E-state index contributed by atoms with van der Waals surface area (Å²) in [5, 5.41) is 5.90. The molecular formula is C11H16N2O2. The summed E-state index contributed by atoms with van der Waals surface area (Å²) in [4.78, 5) is 23.2. The van der Waals surface area contributed by atoms with E-state index < -0.39 is 0 Å². The van der Waals surface area contributed by atoms with Crippen molar-refractivity contribution in [2.24, 2.45) is 11.8 Å². The molecule has 3 rings (SSSR count). The van der Waals surface area contributed by atoms with Gasteiger partial charge in [0.2, 0.25) is 11.8 Å². The third kappa shape index (κ3) is 2.13. The van der Waals surface area contributed by atoms with Crippen molar-refractivity contribution in [3.05, 3.63) is 0 Å². The normalized spacial score (nSPS) is 33.3. The monoisotopic (exact) mass is 208 g/mol. The lowest BCUT2D eigenvalue weighted by molar-refractivity contribution is -0.127. The van der Waals surface area contributed by atoms with E-state index in [1.165, 1.54) is 0 Å². The van der Waals surface area contributed by atoms with Gasteiger partial charge in [-0.3, -0.25) is 9.59 Å². The summed E-state index contributed by atoms with van der Waals surface area (Å²) < 4.78 is 0. The van der Waals surface area contributed by atoms with Crippen LogP contribution in [0.5, 0.6) is 0 Å². The SMILES string of the molecule is O=C(NC1CC1)C1CC1C(=O)NC1CC1. The van der Waals surface area contributed by atoms with Crippen molar-refractivity contribution >= 4 is 11.8 Å². The maximum atomic E-state index is 11.6. The Kier molecular flexibility index (Phi) is 1.97. The highest BCUT2D eigenvalue weighted by Crippen LogP contribution is 2.40. The fraction of sp³-hybridized carbons (Fsp3) is 0.818. The maximum Gasteiger partial charge on any atom is 0.224 e. The summed E-state index contributed by atoms with van der Waals surface area (Å²) in [6, 6.07) is 0.815. The van der Waals surface area contributed by atoms with Crippen LogP contribution in [-0.4, -0.2) is 23.9 Å². The molecule has 0 spiro atoms. The van der Waals surface area contributed by atoms with Crippen LogP contribution in [0.4, 0.5) is 0 Å². The fourth-order valence-corrected chi connectivity index (χ4v) is 1.85. The maximum absolute atomic E-state index is 11.6. The van der Waals surface area contributed by atoms with Gasteiger partial charge in [-0.15, -0.1) is 0 Å². The van der Waals surface area contributed by atoms with Crippen LogP contribution in [0, 0.1) is 11.8 Å². The Bertz CT molecular complexity index is 278. The van der Waals surface area contributed by atoms with Gasteiger partial charge in [0.05, 0.1) is 11.8 Å². The van der Waals surface area contributed by atoms with E-state index in [1.807, 2.05) is 0 Å². The van der Waals surface area contributed by atoms with Crippen molar-refractivity contribution in [3.8, 4) is 0 Å². The smallest absolute Gasteiger partial charge is 0.224 e. The zero-order valence-electron chi connectivity index (χ0n) is 8.66. The largest absolute Gasteiger partial charge is 0.353 e. The first-order valence-corrected chi connectivity index (χ1v) is 5.85. The molecule has 0 radical (unpaired) electrons. The van der Waals surface area contributed by atoms with Gasteiger partial charge < -0.3 is 10.6 Å². The third-order valence-electron chi connectivity index (χ3n) is 3.31. The van der Waals surface area contributed by atoms with Gasteiger partial charge in [-0.1, -0.05) is 0 Å². The molecule has 2 amide bonds. The second kappa shape index (κ2) is 3.22. The van der Waals surface area contributed by atoms with Crippen LogP contribution >= 0.6 is 0 Å². The highest BCUT2D eigenvalue weighted by Gasteiger charge is 2.49. The Hall–Kier alpha value is -1.06. The lowest BCUT2D eigenvalue weighted by Crippen LogP contribution is -2.32. The highest BCUT2D eigenvalue weighted by molar-refractivity contribution is 5.92. The Labute approximate surface area is 88.8 Å². The quantitative estimate of drug-likeness (QED) is 0.692. The molecule has 15 heavy (non-hydrogen) atoms. The summed E-state index contributed by atoms with van der Waals surface area (Å²) in [6.45, 7) is 0. The minimum Gasteiger partial charge on any atom is -0.353 e. The molecule has 82 valence electrons. The number of nitrogens with one attached hydrogen (secondary N) is 2. The van der Waals surface area contributed by atoms with Crippen LogP contribution in [0.1, 0.15) is 32.1 Å². The molecule has 2 unspecified atom stereocenters. The van der Waals surface area contributed by atoms with Gasteiger partial charge in [0, 0.05) is 12.1 Å². The van der Waals surface area contributed by atoms with Crippen molar-refractivity contribution in [1.82, 2.24) is 10.6 Å². The molecule has 3 fully saturated rings. The topological polar surface area (TPSA) is 58.2 Å². The van der Waals surface area contributed by atoms with Gasteiger partial charge in [-0.2, -0.15) is 0 Å². The zero-order valence-corrected chi connectivity index (χ0v) is 8.66. The number of carbonyl (C=O) groups excluding carboxylic acids is 2. The van der Waals surface area contributed by atoms with Crippen molar-refractivity contribution in [2.75, 3.05) is 0 Å². The Morgan fingerprint density at radius 1 is 0.800 bits per heavy atom. The first-order valence-electron chi connectivity index (χ1n) is 5.85. The van der Waals surface area contributed by atoms with Crippen LogP contribution in [0.2, 0.25) is 0 Å². The van der Waals surface area contributed by atoms with Gasteiger partial charge in [0.15, 0.2) is 0 Å². The molecule has 0 aromatic heterocycles. The van der Waals surface area contributed by atoms with Crippen LogP contribution in [0.25, 0.3) is 0 Å². The summed E-state index contributed by atoms with van der Waals surface area (Å²) in [5.74, 6) is 0.107. The zero-order chi connectivity index (χ0) is 10.4. The predicted molar refractivity (Wildman–Crippen MR) is 53.9 cm³/mol. The number of amides is 2. The highest BCUT2D eigenvalue weighted by atomic mass is 16.2. The Morgan fingerprint density at radius 2 is 1.20 bits per heavy atom. The van der Waals surface area contributed by atoms with Crippen molar-refractivity contribution in [3.63, 3.8) is 0 Å². The van der Waals surface area contributed by atoms with E-state index in [2.05, 4.69) is 10.6 Å². The molecule has 0 aliphatic heterocycles. The second-order valence-corrected chi connectivity index (χ2v) is 5.01. The third-order valence-corrected chi connectivity index (χ3v) is 3.31. The molecule has 3 aliphatic rings. The van der Waals surface area contributed by atoms with Crippen LogP contribution < -0.4 is 10.6 Å². The second-order valence-electron chi connectivity index (χ2n) is 5.01. The molecule has 0 bridgehead atoms. The van der Waals surface area contributed by atoms with Gasteiger partial charge in [-0.05, 0) is 32.1 Å². The summed E-state index contributed by atoms with van der Waals surface area (Å²) in [7, 11) is 0. The molecule has 0 saturated heterocycles. The van der Waals surface area contributed by atoms with Gasteiger partial charge in [-0.25, -0.2) is 0 Å². The molecule has 2 atom stereocenters. The summed E-state index contributed by atoms with van der Waals surface area (Å²) >= 11 is 0. The van der Waals surface area contributed by atoms with Crippen LogP contribution in [-0.2, 0) is 9.59 Å². The van der Waals surface area contributed by atoms with Crippen LogP contribution in [0.3, 0.4) is 0 Å². The van der Waals surface area contributed by atoms with E-state index in [1.54, 1.807) is 0 Å². The first-order chi connectivity index (χ1) is 7.24. The average molecular weight is 208 g/mol. The Balaban J connectivity index is 1.45. The van der Waals surface area contributed by atoms with Gasteiger partial charge >= 0.3 is 0 Å². The molecule has 4 nitrogen and oxygen atoms in total. The molecule has 3 aliphatic carbocycles. The summed E-state index contributed by atoms with van der Waals surface area (Å²) in [6.07, 6.45) is 5.18. The Morgan fingerprint density at radius 3 is 1.53 bits per heavy atom. The number of carbonyl (C=O) groups is 2. The van der Waals surface area contributed by atoms with Crippen molar-refractivity contribution in [2.45, 2.75) is 44.2 Å². The lowest BCUT2D eigenvalue weighted by atomic mass is 10.3. The van der Waals surface area contributed by atoms with Gasteiger partial charge in [0.25, 0.3) is 0 Å². The van der Waals surface area contributed by atoms with E-state index in [9.17, 15) is 9.59 Å². The van der Waals surface area contributed by atoms with E-state index in [-0.39, 0.29) is 23.7 Å². The van der Waals surface area contributed by atoms with Crippen LogP contribution in [0.15, 0.2) is 0 Å². The van der Waals surface area contributed by atoms with Crippen molar-refractivity contribution < 1.29 is 9.59 Å². The lowest BCUT2D eigenvalue weighted by Gasteiger charge is -2.03. The van der Waals surface area contributed by atoms with E-state index in [4.69, 9.17) is 0 Å². The van der Waals surface area contributed by atoms with E-state index >= 15 is 0 Å². The average Bonchev–Trinajstić information content (AvgIpc) is 3.03. The van der Waals surface area contributed by atoms with Crippen molar-refractivity contribution in [1.29, 1.82) is 0 Å². The number of hydrogen-bond acceptors (Lipinski definition) is 2. The standard InChI is InChI=1S/C11H16N2O2/c14-10(12-6-1-2-6)8-5-9(8)11(15)13-7-3-4-7/h6-9H,1-5H2,(H,12,14)(H,13,15). The minimum absolute atomic E-state index is 0.0376. The van der Waals surface area contributed by atoms with E-state index in [0.717, 1.165) is 32.1 Å². The van der Waals surface area contributed by atoms with E-state index in [0.29, 0.717) is 12.1 Å².